The summed E-state index contributed by atoms with van der Waals surface area (Å²) in [6, 6.07) is 5.13. The number of hydrogen-bond donors (Lipinski definition) is 2. The fourth-order valence-corrected chi connectivity index (χ4v) is 5.10. The summed E-state index contributed by atoms with van der Waals surface area (Å²) in [5, 5.41) is 8.63. The highest BCUT2D eigenvalue weighted by atomic mass is 32.2. The minimum absolute atomic E-state index is 0.00806. The maximum Gasteiger partial charge on any atom is 0.240 e. The van der Waals surface area contributed by atoms with E-state index in [1.807, 2.05) is 0 Å². The van der Waals surface area contributed by atoms with Gasteiger partial charge in [0, 0.05) is 6.04 Å². The Morgan fingerprint density at radius 3 is 2.48 bits per heavy atom. The van der Waals surface area contributed by atoms with Crippen LogP contribution in [0.15, 0.2) is 29.2 Å². The van der Waals surface area contributed by atoms with E-state index in [0.717, 1.165) is 0 Å². The highest BCUT2D eigenvalue weighted by molar-refractivity contribution is 7.92. The number of ether oxygens (including phenoxy) is 1. The molecular formula is C12H17NO6S2. The molecule has 7 nitrogen and oxygen atoms in total. The molecule has 2 rings (SSSR count). The number of aliphatic hydroxyl groups is 1. The van der Waals surface area contributed by atoms with Crippen LogP contribution in [0.4, 0.5) is 0 Å². The quantitative estimate of drug-likeness (QED) is 0.727. The molecule has 2 N–H and O–H groups in total. The van der Waals surface area contributed by atoms with Gasteiger partial charge in [-0.2, -0.15) is 0 Å². The molecule has 1 unspecified atom stereocenters. The van der Waals surface area contributed by atoms with E-state index < -0.39 is 25.9 Å². The normalized spacial score (nSPS) is 21.3. The van der Waals surface area contributed by atoms with Crippen LogP contribution in [0.25, 0.3) is 0 Å². The van der Waals surface area contributed by atoms with E-state index in [-0.39, 0.29) is 29.6 Å². The number of rotatable bonds is 6. The number of nitrogens with one attached hydrogen (secondary N) is 1. The van der Waals surface area contributed by atoms with E-state index in [1.54, 1.807) is 0 Å². The molecule has 1 atom stereocenters. The molecule has 1 aliphatic rings. The largest absolute Gasteiger partial charge is 0.491 e. The second-order valence-electron chi connectivity index (χ2n) is 4.76. The second-order valence-corrected chi connectivity index (χ2v) is 8.71. The lowest BCUT2D eigenvalue weighted by Crippen LogP contribution is -2.35. The first-order valence-corrected chi connectivity index (χ1v) is 9.69. The van der Waals surface area contributed by atoms with Crippen LogP contribution in [0.1, 0.15) is 6.42 Å². The zero-order chi connectivity index (χ0) is 15.5. The van der Waals surface area contributed by atoms with Gasteiger partial charge >= 0.3 is 0 Å². The Bertz CT molecular complexity index is 681. The highest BCUT2D eigenvalue weighted by Crippen LogP contribution is 2.18. The molecule has 1 aliphatic heterocycles. The molecular weight excluding hydrogens is 318 g/mol. The Balaban J connectivity index is 2.06. The standard InChI is InChI=1S/C12H17NO6S2/c14-6-7-19-11-1-3-12(4-2-11)21(17,18)13-10-5-8-20(15,16)9-10/h1-4,10,13-14H,5-9H2. The van der Waals surface area contributed by atoms with Crippen LogP contribution in [-0.2, 0) is 19.9 Å². The predicted molar refractivity (Wildman–Crippen MR) is 76.4 cm³/mol. The van der Waals surface area contributed by atoms with Crippen molar-refractivity contribution in [1.29, 1.82) is 0 Å². The third kappa shape index (κ3) is 4.40. The van der Waals surface area contributed by atoms with Gasteiger partial charge in [0.05, 0.1) is 23.0 Å². The SMILES string of the molecule is O=S1(=O)CCC(NS(=O)(=O)c2ccc(OCCO)cc2)C1. The average molecular weight is 335 g/mol. The van der Waals surface area contributed by atoms with Gasteiger partial charge < -0.3 is 9.84 Å². The summed E-state index contributed by atoms with van der Waals surface area (Å²) >= 11 is 0. The highest BCUT2D eigenvalue weighted by Gasteiger charge is 2.31. The summed E-state index contributed by atoms with van der Waals surface area (Å²) in [7, 11) is -6.89. The molecule has 1 saturated heterocycles. The fraction of sp³-hybridized carbons (Fsp3) is 0.500. The Kier molecular flexibility index (Phi) is 4.87. The molecule has 1 aromatic carbocycles. The third-order valence-electron chi connectivity index (χ3n) is 3.05. The second kappa shape index (κ2) is 6.30. The topological polar surface area (TPSA) is 110 Å². The van der Waals surface area contributed by atoms with Crippen molar-refractivity contribution in [2.75, 3.05) is 24.7 Å². The monoisotopic (exact) mass is 335 g/mol. The van der Waals surface area contributed by atoms with Crippen LogP contribution in [0, 0.1) is 0 Å². The number of benzene rings is 1. The van der Waals surface area contributed by atoms with E-state index in [0.29, 0.717) is 12.2 Å². The van der Waals surface area contributed by atoms with Crippen LogP contribution >= 0.6 is 0 Å². The van der Waals surface area contributed by atoms with Crippen molar-refractivity contribution in [3.63, 3.8) is 0 Å². The Labute approximate surface area is 123 Å². The van der Waals surface area contributed by atoms with Crippen LogP contribution in [0.3, 0.4) is 0 Å². The molecule has 9 heteroatoms. The summed E-state index contributed by atoms with van der Waals surface area (Å²) in [4.78, 5) is 0.0446. The van der Waals surface area contributed by atoms with Gasteiger partial charge in [-0.15, -0.1) is 0 Å². The first kappa shape index (κ1) is 16.2. The summed E-state index contributed by atoms with van der Waals surface area (Å²) < 4.78 is 54.5. The van der Waals surface area contributed by atoms with Crippen molar-refractivity contribution < 1.29 is 26.7 Å². The molecule has 1 heterocycles. The van der Waals surface area contributed by atoms with Gasteiger partial charge in [0.2, 0.25) is 10.0 Å². The maximum atomic E-state index is 12.1. The van der Waals surface area contributed by atoms with Gasteiger partial charge in [-0.25, -0.2) is 21.6 Å². The fourth-order valence-electron chi connectivity index (χ4n) is 2.05. The van der Waals surface area contributed by atoms with Gasteiger partial charge in [0.25, 0.3) is 0 Å². The van der Waals surface area contributed by atoms with Crippen LogP contribution < -0.4 is 9.46 Å². The molecule has 0 aliphatic carbocycles. The average Bonchev–Trinajstić information content (AvgIpc) is 2.75. The summed E-state index contributed by atoms with van der Waals surface area (Å²) in [6.45, 7) is 0.00202. The van der Waals surface area contributed by atoms with Crippen molar-refractivity contribution >= 4 is 19.9 Å². The third-order valence-corrected chi connectivity index (χ3v) is 6.35. The van der Waals surface area contributed by atoms with Gasteiger partial charge in [-0.1, -0.05) is 0 Å². The molecule has 0 saturated carbocycles. The van der Waals surface area contributed by atoms with Crippen LogP contribution in [0.5, 0.6) is 5.75 Å². The van der Waals surface area contributed by atoms with E-state index in [1.165, 1.54) is 24.3 Å². The molecule has 1 aromatic rings. The van der Waals surface area contributed by atoms with Crippen molar-refractivity contribution in [3.05, 3.63) is 24.3 Å². The Morgan fingerprint density at radius 2 is 1.95 bits per heavy atom. The van der Waals surface area contributed by atoms with E-state index in [2.05, 4.69) is 4.72 Å². The smallest absolute Gasteiger partial charge is 0.240 e. The van der Waals surface area contributed by atoms with E-state index in [4.69, 9.17) is 9.84 Å². The molecule has 118 valence electrons. The number of sulfone groups is 1. The molecule has 21 heavy (non-hydrogen) atoms. The molecule has 0 aromatic heterocycles. The van der Waals surface area contributed by atoms with Crippen LogP contribution in [0.2, 0.25) is 0 Å². The predicted octanol–water partition coefficient (Wildman–Crippen LogP) is -0.477. The number of hydrogen-bond acceptors (Lipinski definition) is 6. The van der Waals surface area contributed by atoms with Gasteiger partial charge in [-0.05, 0) is 30.7 Å². The maximum absolute atomic E-state index is 12.1. The van der Waals surface area contributed by atoms with Crippen LogP contribution in [-0.4, -0.2) is 52.7 Å². The molecule has 1 fully saturated rings. The summed E-state index contributed by atoms with van der Waals surface area (Å²) in [5.41, 5.74) is 0. The molecule has 0 amide bonds. The number of aliphatic hydroxyl groups excluding tert-OH is 1. The first-order chi connectivity index (χ1) is 9.82. The molecule has 0 bridgehead atoms. The first-order valence-electron chi connectivity index (χ1n) is 6.39. The number of sulfonamides is 1. The molecule has 0 radical (unpaired) electrons. The van der Waals surface area contributed by atoms with E-state index >= 15 is 0 Å². The molecule has 0 spiro atoms. The van der Waals surface area contributed by atoms with Crippen molar-refractivity contribution in [2.45, 2.75) is 17.4 Å². The van der Waals surface area contributed by atoms with E-state index in [9.17, 15) is 16.8 Å². The van der Waals surface area contributed by atoms with Gasteiger partial charge in [-0.3, -0.25) is 0 Å². The Hall–Kier alpha value is -1.16. The summed E-state index contributed by atoms with van der Waals surface area (Å²) in [6.07, 6.45) is 0.291. The van der Waals surface area contributed by atoms with Crippen molar-refractivity contribution in [3.8, 4) is 5.75 Å². The zero-order valence-corrected chi connectivity index (χ0v) is 12.9. The lowest BCUT2D eigenvalue weighted by Gasteiger charge is -2.12. The summed E-state index contributed by atoms with van der Waals surface area (Å²) in [5.74, 6) is 0.296. The lowest BCUT2D eigenvalue weighted by atomic mass is 10.3. The lowest BCUT2D eigenvalue weighted by molar-refractivity contribution is 0.201. The minimum Gasteiger partial charge on any atom is -0.491 e. The van der Waals surface area contributed by atoms with Gasteiger partial charge in [0.15, 0.2) is 9.84 Å². The zero-order valence-electron chi connectivity index (χ0n) is 11.2. The van der Waals surface area contributed by atoms with Crippen molar-refractivity contribution in [2.24, 2.45) is 0 Å². The van der Waals surface area contributed by atoms with Crippen molar-refractivity contribution in [1.82, 2.24) is 4.72 Å². The minimum atomic E-state index is -3.75. The van der Waals surface area contributed by atoms with Gasteiger partial charge in [0.1, 0.15) is 12.4 Å². The Morgan fingerprint density at radius 1 is 1.29 bits per heavy atom.